The summed E-state index contributed by atoms with van der Waals surface area (Å²) in [6.45, 7) is 8.64. The van der Waals surface area contributed by atoms with Gasteiger partial charge in [-0.15, -0.1) is 0 Å². The first-order chi connectivity index (χ1) is 15.4. The predicted octanol–water partition coefficient (Wildman–Crippen LogP) is 6.05. The Kier molecular flexibility index (Phi) is 8.32. The van der Waals surface area contributed by atoms with Crippen molar-refractivity contribution in [1.82, 2.24) is 0 Å². The molecular weight excluding hydrogens is 394 g/mol. The van der Waals surface area contributed by atoms with E-state index in [0.717, 1.165) is 46.8 Å². The van der Waals surface area contributed by atoms with Gasteiger partial charge in [-0.2, -0.15) is 5.10 Å². The lowest BCUT2D eigenvalue weighted by Crippen LogP contribution is -2.22. The van der Waals surface area contributed by atoms with E-state index in [-0.39, 0.29) is 0 Å². The number of hydrogen-bond donors (Lipinski definition) is 3. The molecule has 0 spiro atoms. The van der Waals surface area contributed by atoms with E-state index in [1.54, 1.807) is 0 Å². The summed E-state index contributed by atoms with van der Waals surface area (Å²) in [5.41, 5.74) is 13.3. The van der Waals surface area contributed by atoms with Gasteiger partial charge >= 0.3 is 0 Å². The van der Waals surface area contributed by atoms with Crippen LogP contribution in [0.3, 0.4) is 0 Å². The molecule has 1 fully saturated rings. The van der Waals surface area contributed by atoms with E-state index in [4.69, 9.17) is 16.6 Å². The lowest BCUT2D eigenvalue weighted by Gasteiger charge is -2.24. The number of benzene rings is 2. The average molecular weight is 434 g/mol. The number of aryl methyl sites for hydroxylation is 2. The highest BCUT2D eigenvalue weighted by Gasteiger charge is 2.15. The normalized spacial score (nSPS) is 19.4. The molecule has 2 aliphatic rings. The van der Waals surface area contributed by atoms with Gasteiger partial charge < -0.3 is 16.9 Å². The van der Waals surface area contributed by atoms with Crippen molar-refractivity contribution in [3.05, 3.63) is 58.7 Å². The van der Waals surface area contributed by atoms with Crippen LogP contribution >= 0.6 is 0 Å². The molecule has 5 heteroatoms. The van der Waals surface area contributed by atoms with Crippen LogP contribution in [-0.2, 0) is 6.42 Å². The Hall–Kier alpha value is -2.82. The zero-order valence-electron chi connectivity index (χ0n) is 20.1. The number of hydrazone groups is 1. The van der Waals surface area contributed by atoms with Gasteiger partial charge in [-0.1, -0.05) is 57.2 Å². The summed E-state index contributed by atoms with van der Waals surface area (Å²) in [6, 6.07) is 12.9. The smallest absolute Gasteiger partial charge is 0.150 e. The van der Waals surface area contributed by atoms with E-state index in [2.05, 4.69) is 42.5 Å². The fourth-order valence-corrected chi connectivity index (χ4v) is 4.39. The third kappa shape index (κ3) is 6.35. The molecule has 2 aromatic rings. The third-order valence-corrected chi connectivity index (χ3v) is 6.60. The molecule has 0 saturated heterocycles. The zero-order chi connectivity index (χ0) is 23.1. The monoisotopic (exact) mass is 433 g/mol. The van der Waals surface area contributed by atoms with Crippen molar-refractivity contribution < 1.29 is 0 Å². The molecule has 1 saturated carbocycles. The number of nitrogens with two attached hydrogens (primary N) is 2. The summed E-state index contributed by atoms with van der Waals surface area (Å²) in [7, 11) is 0. The lowest BCUT2D eigenvalue weighted by atomic mass is 9.91. The van der Waals surface area contributed by atoms with Crippen molar-refractivity contribution in [3.63, 3.8) is 0 Å². The molecule has 32 heavy (non-hydrogen) atoms. The molecule has 5 N–H and O–H groups in total. The average Bonchev–Trinajstić information content (AvgIpc) is 2.80. The fraction of sp³-hybridized carbons (Fsp3) is 0.481. The quantitative estimate of drug-likeness (QED) is 0.238. The second-order valence-corrected chi connectivity index (χ2v) is 9.41. The Balaban J connectivity index is 0.000000352. The van der Waals surface area contributed by atoms with Crippen molar-refractivity contribution in [2.75, 3.05) is 5.32 Å². The van der Waals surface area contributed by atoms with E-state index < -0.39 is 0 Å². The Morgan fingerprint density at radius 2 is 1.69 bits per heavy atom. The number of rotatable bonds is 3. The van der Waals surface area contributed by atoms with Crippen molar-refractivity contribution in [2.24, 2.45) is 27.6 Å². The first kappa shape index (κ1) is 23.8. The van der Waals surface area contributed by atoms with E-state index >= 15 is 0 Å². The van der Waals surface area contributed by atoms with Crippen molar-refractivity contribution >= 4 is 22.9 Å². The maximum Gasteiger partial charge on any atom is 0.150 e. The maximum absolute atomic E-state index is 5.81. The van der Waals surface area contributed by atoms with Gasteiger partial charge in [-0.05, 0) is 74.4 Å². The highest BCUT2D eigenvalue weighted by atomic mass is 15.2. The molecule has 5 nitrogen and oxygen atoms in total. The molecule has 0 amide bonds. The van der Waals surface area contributed by atoms with Crippen LogP contribution in [0.15, 0.2) is 46.5 Å². The molecular formula is C27H39N5. The summed E-state index contributed by atoms with van der Waals surface area (Å²) >= 11 is 0. The number of anilines is 1. The minimum Gasteiger partial charge on any atom is -0.382 e. The minimum absolute atomic E-state index is 0.308. The Morgan fingerprint density at radius 1 is 0.969 bits per heavy atom. The largest absolute Gasteiger partial charge is 0.382 e. The summed E-state index contributed by atoms with van der Waals surface area (Å²) < 4.78 is 0. The van der Waals surface area contributed by atoms with Gasteiger partial charge in [0.2, 0.25) is 0 Å². The number of amidine groups is 1. The topological polar surface area (TPSA) is 88.8 Å². The molecule has 0 bridgehead atoms. The fourth-order valence-electron chi connectivity index (χ4n) is 4.39. The van der Waals surface area contributed by atoms with Crippen LogP contribution in [0.25, 0.3) is 0 Å². The number of nitrogens with one attached hydrogen (secondary N) is 1. The SMILES string of the molecule is CC(=Nc1cc(/C(N)=N/N)ccc1C)c1ccc2c(c1)CCC(C)N2.CC1CCCCC1. The van der Waals surface area contributed by atoms with Crippen LogP contribution < -0.4 is 16.9 Å². The molecule has 4 rings (SSSR count). The third-order valence-electron chi connectivity index (χ3n) is 6.60. The van der Waals surface area contributed by atoms with Crippen LogP contribution in [0, 0.1) is 12.8 Å². The van der Waals surface area contributed by atoms with Crippen LogP contribution in [0.2, 0.25) is 0 Å². The molecule has 1 aliphatic carbocycles. The predicted molar refractivity (Wildman–Crippen MR) is 138 cm³/mol. The molecule has 0 aromatic heterocycles. The van der Waals surface area contributed by atoms with Gasteiger partial charge in [0.25, 0.3) is 0 Å². The van der Waals surface area contributed by atoms with Crippen LogP contribution in [0.5, 0.6) is 0 Å². The molecule has 1 unspecified atom stereocenters. The molecule has 1 heterocycles. The molecule has 172 valence electrons. The van der Waals surface area contributed by atoms with Gasteiger partial charge in [-0.3, -0.25) is 4.99 Å². The number of fused-ring (bicyclic) bond motifs is 1. The van der Waals surface area contributed by atoms with Crippen molar-refractivity contribution in [2.45, 2.75) is 78.7 Å². The Morgan fingerprint density at radius 3 is 2.34 bits per heavy atom. The summed E-state index contributed by atoms with van der Waals surface area (Å²) in [5.74, 6) is 6.62. The lowest BCUT2D eigenvalue weighted by molar-refractivity contribution is 0.385. The van der Waals surface area contributed by atoms with E-state index in [1.165, 1.54) is 43.4 Å². The summed E-state index contributed by atoms with van der Waals surface area (Å²) in [6.07, 6.45) is 9.70. The van der Waals surface area contributed by atoms with Gasteiger partial charge in [0.1, 0.15) is 5.84 Å². The maximum atomic E-state index is 5.81. The highest BCUT2D eigenvalue weighted by molar-refractivity contribution is 6.02. The van der Waals surface area contributed by atoms with E-state index in [1.807, 2.05) is 32.0 Å². The second kappa shape index (κ2) is 11.2. The van der Waals surface area contributed by atoms with E-state index in [9.17, 15) is 0 Å². The molecule has 0 radical (unpaired) electrons. The first-order valence-corrected chi connectivity index (χ1v) is 12.0. The molecule has 1 atom stereocenters. The number of hydrogen-bond acceptors (Lipinski definition) is 4. The van der Waals surface area contributed by atoms with Crippen LogP contribution in [0.4, 0.5) is 11.4 Å². The highest BCUT2D eigenvalue weighted by Crippen LogP contribution is 2.27. The Labute approximate surface area is 193 Å². The van der Waals surface area contributed by atoms with Gasteiger partial charge in [0.15, 0.2) is 0 Å². The minimum atomic E-state index is 0.308. The second-order valence-electron chi connectivity index (χ2n) is 9.41. The summed E-state index contributed by atoms with van der Waals surface area (Å²) in [5, 5.41) is 7.09. The van der Waals surface area contributed by atoms with Crippen LogP contribution in [0.1, 0.15) is 81.5 Å². The number of nitrogens with zero attached hydrogens (tertiary/aromatic N) is 2. The first-order valence-electron chi connectivity index (χ1n) is 12.0. The van der Waals surface area contributed by atoms with Gasteiger partial charge in [0.05, 0.1) is 5.69 Å². The summed E-state index contributed by atoms with van der Waals surface area (Å²) in [4.78, 5) is 4.81. The molecule has 1 aliphatic heterocycles. The number of aliphatic imine (C=N–C) groups is 1. The zero-order valence-corrected chi connectivity index (χ0v) is 20.1. The van der Waals surface area contributed by atoms with Gasteiger partial charge in [-0.25, -0.2) is 0 Å². The van der Waals surface area contributed by atoms with Crippen molar-refractivity contribution in [1.29, 1.82) is 0 Å². The standard InChI is InChI=1S/C20H25N5.C7H14/c1-12-4-6-17(20(21)25-22)11-19(12)24-14(3)15-8-9-18-16(10-15)7-5-13(2)23-18;1-7-5-3-2-4-6-7/h4,6,8-11,13,23H,5,7,22H2,1-3H3,(H2,21,25);7H,2-6H2,1H3. The van der Waals surface area contributed by atoms with Crippen molar-refractivity contribution in [3.8, 4) is 0 Å². The van der Waals surface area contributed by atoms with E-state index in [0.29, 0.717) is 11.9 Å². The molecule has 2 aromatic carbocycles. The van der Waals surface area contributed by atoms with Crippen LogP contribution in [-0.4, -0.2) is 17.6 Å². The van der Waals surface area contributed by atoms with Gasteiger partial charge in [0, 0.05) is 23.0 Å². The Bertz CT molecular complexity index is 970.